The molecule has 0 aromatic heterocycles. The van der Waals surface area contributed by atoms with Gasteiger partial charge in [0, 0.05) is 18.7 Å². The summed E-state index contributed by atoms with van der Waals surface area (Å²) in [4.78, 5) is 27.3. The van der Waals surface area contributed by atoms with Crippen molar-refractivity contribution in [3.05, 3.63) is 30.3 Å². The minimum Gasteiger partial charge on any atom is -0.370 e. The molecule has 0 radical (unpaired) electrons. The Morgan fingerprint density at radius 3 is 2.75 bits per heavy atom. The number of carbonyl (C=O) groups excluding carboxylic acids is 2. The number of para-hydroxylation sites is 1. The largest absolute Gasteiger partial charge is 0.370 e. The minimum absolute atomic E-state index is 0.0456. The van der Waals surface area contributed by atoms with E-state index in [1.165, 1.54) is 4.90 Å². The van der Waals surface area contributed by atoms with Crippen molar-refractivity contribution in [2.24, 2.45) is 0 Å². The van der Waals surface area contributed by atoms with Crippen LogP contribution in [0.3, 0.4) is 0 Å². The minimum atomic E-state index is -0.199. The lowest BCUT2D eigenvalue weighted by atomic mass is 10.2. The maximum absolute atomic E-state index is 12.1. The molecule has 0 saturated carbocycles. The van der Waals surface area contributed by atoms with Gasteiger partial charge >= 0.3 is 6.03 Å². The molecule has 0 unspecified atom stereocenters. The lowest BCUT2D eigenvalue weighted by molar-refractivity contribution is -0.906. The average molecular weight is 333 g/mol. The number of hydrogen-bond acceptors (Lipinski definition) is 3. The normalized spacial score (nSPS) is 21.8. The predicted octanol–water partition coefficient (Wildman–Crippen LogP) is -0.994. The van der Waals surface area contributed by atoms with Crippen LogP contribution in [-0.2, 0) is 9.53 Å². The Balaban J connectivity index is 1.40. The molecule has 1 aromatic rings. The standard InChI is InChI=1S/C17H24N4O3/c22-16-12-14(13-21(16)15-4-2-1-3-5-15)19-17(23)18-6-7-20-8-10-24-11-9-20/h1-5,14H,6-13H2,(H2,18,19,23)/p+1/t14-/m1/s1. The van der Waals surface area contributed by atoms with Crippen LogP contribution in [0.1, 0.15) is 6.42 Å². The van der Waals surface area contributed by atoms with Gasteiger partial charge < -0.3 is 25.2 Å². The molecular weight excluding hydrogens is 308 g/mol. The molecule has 0 spiro atoms. The highest BCUT2D eigenvalue weighted by atomic mass is 16.5. The molecule has 0 bridgehead atoms. The number of rotatable bonds is 5. The molecule has 7 nitrogen and oxygen atoms in total. The highest BCUT2D eigenvalue weighted by Crippen LogP contribution is 2.20. The number of nitrogens with one attached hydrogen (secondary N) is 3. The molecule has 130 valence electrons. The SMILES string of the molecule is O=C(NCC[NH+]1CCOCC1)N[C@@H]1CC(=O)N(c2ccccc2)C1. The topological polar surface area (TPSA) is 75.1 Å². The van der Waals surface area contributed by atoms with E-state index >= 15 is 0 Å². The van der Waals surface area contributed by atoms with Crippen molar-refractivity contribution in [1.82, 2.24) is 10.6 Å². The van der Waals surface area contributed by atoms with Gasteiger partial charge in [-0.3, -0.25) is 4.79 Å². The molecule has 0 aliphatic carbocycles. The van der Waals surface area contributed by atoms with Gasteiger partial charge in [-0.25, -0.2) is 4.79 Å². The Morgan fingerprint density at radius 2 is 2.00 bits per heavy atom. The van der Waals surface area contributed by atoms with Crippen LogP contribution >= 0.6 is 0 Å². The van der Waals surface area contributed by atoms with Gasteiger partial charge in [-0.2, -0.15) is 0 Å². The van der Waals surface area contributed by atoms with Crippen LogP contribution < -0.4 is 20.4 Å². The number of benzene rings is 1. The number of anilines is 1. The van der Waals surface area contributed by atoms with E-state index in [0.717, 1.165) is 38.5 Å². The fourth-order valence-electron chi connectivity index (χ4n) is 3.16. The predicted molar refractivity (Wildman–Crippen MR) is 90.1 cm³/mol. The molecule has 1 atom stereocenters. The van der Waals surface area contributed by atoms with E-state index in [4.69, 9.17) is 4.74 Å². The summed E-state index contributed by atoms with van der Waals surface area (Å²) in [7, 11) is 0. The molecule has 3 amide bonds. The van der Waals surface area contributed by atoms with E-state index in [9.17, 15) is 9.59 Å². The number of amides is 3. The van der Waals surface area contributed by atoms with Crippen LogP contribution in [0.15, 0.2) is 30.3 Å². The fourth-order valence-corrected chi connectivity index (χ4v) is 3.16. The molecule has 2 saturated heterocycles. The number of hydrogen-bond donors (Lipinski definition) is 3. The van der Waals surface area contributed by atoms with Gasteiger partial charge in [0.15, 0.2) is 0 Å². The van der Waals surface area contributed by atoms with Crippen molar-refractivity contribution >= 4 is 17.6 Å². The van der Waals surface area contributed by atoms with Crippen molar-refractivity contribution in [2.45, 2.75) is 12.5 Å². The quantitative estimate of drug-likeness (QED) is 0.647. The van der Waals surface area contributed by atoms with Gasteiger partial charge in [0.2, 0.25) is 5.91 Å². The second-order valence-electron chi connectivity index (χ2n) is 6.25. The molecule has 3 N–H and O–H groups in total. The number of ether oxygens (including phenoxy) is 1. The van der Waals surface area contributed by atoms with Gasteiger partial charge in [0.1, 0.15) is 13.1 Å². The number of urea groups is 1. The van der Waals surface area contributed by atoms with Crippen molar-refractivity contribution in [2.75, 3.05) is 50.8 Å². The van der Waals surface area contributed by atoms with Crippen LogP contribution in [0.4, 0.5) is 10.5 Å². The summed E-state index contributed by atoms with van der Waals surface area (Å²) < 4.78 is 5.32. The van der Waals surface area contributed by atoms with Crippen LogP contribution in [0.25, 0.3) is 0 Å². The Labute approximate surface area is 141 Å². The third-order valence-corrected chi connectivity index (χ3v) is 4.49. The van der Waals surface area contributed by atoms with E-state index in [-0.39, 0.29) is 18.0 Å². The first kappa shape index (κ1) is 16.7. The molecule has 2 aliphatic rings. The van der Waals surface area contributed by atoms with E-state index < -0.39 is 0 Å². The molecule has 2 fully saturated rings. The van der Waals surface area contributed by atoms with Gasteiger partial charge in [-0.05, 0) is 12.1 Å². The summed E-state index contributed by atoms with van der Waals surface area (Å²) >= 11 is 0. The van der Waals surface area contributed by atoms with Crippen molar-refractivity contribution in [1.29, 1.82) is 0 Å². The van der Waals surface area contributed by atoms with E-state index in [1.54, 1.807) is 4.90 Å². The monoisotopic (exact) mass is 333 g/mol. The fraction of sp³-hybridized carbons (Fsp3) is 0.529. The second kappa shape index (κ2) is 8.12. The molecule has 2 aliphatic heterocycles. The van der Waals surface area contributed by atoms with Crippen molar-refractivity contribution in [3.8, 4) is 0 Å². The number of morpholine rings is 1. The van der Waals surface area contributed by atoms with E-state index in [1.807, 2.05) is 30.3 Å². The first-order valence-electron chi connectivity index (χ1n) is 8.53. The molecule has 24 heavy (non-hydrogen) atoms. The van der Waals surface area contributed by atoms with Crippen LogP contribution in [0, 0.1) is 0 Å². The molecule has 3 rings (SSSR count). The number of nitrogens with zero attached hydrogens (tertiary/aromatic N) is 1. The summed E-state index contributed by atoms with van der Waals surface area (Å²) in [6, 6.07) is 9.21. The van der Waals surface area contributed by atoms with Crippen molar-refractivity contribution in [3.63, 3.8) is 0 Å². The molecule has 2 heterocycles. The number of carbonyl (C=O) groups is 2. The first-order valence-corrected chi connectivity index (χ1v) is 8.53. The number of quaternary nitrogens is 1. The molecule has 7 heteroatoms. The second-order valence-corrected chi connectivity index (χ2v) is 6.25. The summed E-state index contributed by atoms with van der Waals surface area (Å²) in [5.41, 5.74) is 0.878. The zero-order valence-corrected chi connectivity index (χ0v) is 13.8. The third kappa shape index (κ3) is 4.46. The van der Waals surface area contributed by atoms with Crippen molar-refractivity contribution < 1.29 is 19.2 Å². The van der Waals surface area contributed by atoms with Gasteiger partial charge in [-0.15, -0.1) is 0 Å². The highest BCUT2D eigenvalue weighted by Gasteiger charge is 2.31. The average Bonchev–Trinajstić information content (AvgIpc) is 2.97. The summed E-state index contributed by atoms with van der Waals surface area (Å²) in [5, 5.41) is 5.79. The lowest BCUT2D eigenvalue weighted by Crippen LogP contribution is -3.14. The zero-order valence-electron chi connectivity index (χ0n) is 13.8. The zero-order chi connectivity index (χ0) is 16.8. The third-order valence-electron chi connectivity index (χ3n) is 4.49. The van der Waals surface area contributed by atoms with E-state index in [0.29, 0.717) is 19.5 Å². The van der Waals surface area contributed by atoms with Gasteiger partial charge in [-0.1, -0.05) is 18.2 Å². The van der Waals surface area contributed by atoms with Gasteiger partial charge in [0.05, 0.1) is 32.3 Å². The maximum Gasteiger partial charge on any atom is 0.315 e. The Kier molecular flexibility index (Phi) is 5.66. The van der Waals surface area contributed by atoms with Gasteiger partial charge in [0.25, 0.3) is 0 Å². The summed E-state index contributed by atoms with van der Waals surface area (Å²) in [6.07, 6.45) is 0.344. The summed E-state index contributed by atoms with van der Waals surface area (Å²) in [6.45, 7) is 5.62. The summed E-state index contributed by atoms with van der Waals surface area (Å²) in [5.74, 6) is 0.0456. The molecule has 1 aromatic carbocycles. The van der Waals surface area contributed by atoms with E-state index in [2.05, 4.69) is 10.6 Å². The first-order chi connectivity index (χ1) is 11.7. The Bertz CT molecular complexity index is 560. The Morgan fingerprint density at radius 1 is 1.25 bits per heavy atom. The molecular formula is C17H25N4O3+. The van der Waals surface area contributed by atoms with Crippen LogP contribution in [0.2, 0.25) is 0 Å². The Hall–Kier alpha value is -2.12. The smallest absolute Gasteiger partial charge is 0.315 e. The van der Waals surface area contributed by atoms with Crippen LogP contribution in [-0.4, -0.2) is 63.9 Å². The lowest BCUT2D eigenvalue weighted by Gasteiger charge is -2.23. The maximum atomic E-state index is 12.1. The highest BCUT2D eigenvalue weighted by molar-refractivity contribution is 5.96. The van der Waals surface area contributed by atoms with Crippen LogP contribution in [0.5, 0.6) is 0 Å².